The Balaban J connectivity index is 2.24. The van der Waals surface area contributed by atoms with Crippen molar-refractivity contribution in [1.29, 1.82) is 0 Å². The molecule has 0 unspecified atom stereocenters. The third-order valence-corrected chi connectivity index (χ3v) is 2.97. The van der Waals surface area contributed by atoms with E-state index in [-0.39, 0.29) is 24.3 Å². The number of aliphatic hydroxyl groups is 1. The van der Waals surface area contributed by atoms with Gasteiger partial charge in [0.2, 0.25) is 0 Å². The molecule has 17 heavy (non-hydrogen) atoms. The van der Waals surface area contributed by atoms with E-state index in [4.69, 9.17) is 5.11 Å². The summed E-state index contributed by atoms with van der Waals surface area (Å²) >= 11 is 0. The average Bonchev–Trinajstić information content (AvgIpc) is 3.12. The number of aryl methyl sites for hydroxylation is 1. The van der Waals surface area contributed by atoms with Crippen molar-refractivity contribution in [3.8, 4) is 5.75 Å². The molecule has 4 nitrogen and oxygen atoms in total. The Labute approximate surface area is 100 Å². The van der Waals surface area contributed by atoms with Gasteiger partial charge in [0.1, 0.15) is 5.75 Å². The number of carbonyl (C=O) groups excluding carboxylic acids is 1. The quantitative estimate of drug-likeness (QED) is 0.827. The van der Waals surface area contributed by atoms with E-state index in [1.807, 2.05) is 6.92 Å². The zero-order chi connectivity index (χ0) is 12.4. The van der Waals surface area contributed by atoms with Gasteiger partial charge in [-0.15, -0.1) is 0 Å². The van der Waals surface area contributed by atoms with Crippen LogP contribution in [0.15, 0.2) is 18.2 Å². The first-order chi connectivity index (χ1) is 8.13. The fraction of sp³-hybridized carbons (Fsp3) is 0.462. The Bertz CT molecular complexity index is 427. The molecule has 0 radical (unpaired) electrons. The lowest BCUT2D eigenvalue weighted by Gasteiger charge is -2.22. The molecule has 0 spiro atoms. The number of aliphatic hydroxyl groups excluding tert-OH is 1. The molecule has 0 aliphatic heterocycles. The highest BCUT2D eigenvalue weighted by Crippen LogP contribution is 2.30. The Kier molecular flexibility index (Phi) is 3.33. The van der Waals surface area contributed by atoms with E-state index in [1.54, 1.807) is 17.0 Å². The predicted octanol–water partition coefficient (Wildman–Crippen LogP) is 1.30. The molecule has 1 aliphatic rings. The lowest BCUT2D eigenvalue weighted by molar-refractivity contribution is 0.0704. The van der Waals surface area contributed by atoms with E-state index >= 15 is 0 Å². The van der Waals surface area contributed by atoms with Gasteiger partial charge in [-0.25, -0.2) is 0 Å². The van der Waals surface area contributed by atoms with Gasteiger partial charge >= 0.3 is 0 Å². The number of hydrogen-bond acceptors (Lipinski definition) is 3. The summed E-state index contributed by atoms with van der Waals surface area (Å²) in [6, 6.07) is 5.21. The van der Waals surface area contributed by atoms with Gasteiger partial charge in [0, 0.05) is 12.6 Å². The summed E-state index contributed by atoms with van der Waals surface area (Å²) in [4.78, 5) is 13.9. The first-order valence-corrected chi connectivity index (χ1v) is 5.85. The minimum Gasteiger partial charge on any atom is -0.507 e. The molecule has 2 N–H and O–H groups in total. The molecule has 0 saturated heterocycles. The van der Waals surface area contributed by atoms with Crippen LogP contribution in [0.3, 0.4) is 0 Å². The lowest BCUT2D eigenvalue weighted by atomic mass is 10.1. The Morgan fingerprint density at radius 3 is 2.76 bits per heavy atom. The van der Waals surface area contributed by atoms with Crippen LogP contribution in [-0.2, 0) is 0 Å². The molecule has 0 heterocycles. The van der Waals surface area contributed by atoms with Gasteiger partial charge in [-0.1, -0.05) is 11.6 Å². The fourth-order valence-corrected chi connectivity index (χ4v) is 1.92. The van der Waals surface area contributed by atoms with Gasteiger partial charge in [0.05, 0.1) is 12.2 Å². The molecule has 1 saturated carbocycles. The summed E-state index contributed by atoms with van der Waals surface area (Å²) in [5.41, 5.74) is 1.26. The maximum Gasteiger partial charge on any atom is 0.257 e. The second kappa shape index (κ2) is 4.75. The van der Waals surface area contributed by atoms with Crippen molar-refractivity contribution >= 4 is 5.91 Å². The van der Waals surface area contributed by atoms with Crippen molar-refractivity contribution in [1.82, 2.24) is 4.90 Å². The number of phenolic OH excluding ortho intramolecular Hbond substituents is 1. The Hall–Kier alpha value is -1.55. The minimum absolute atomic E-state index is 0.00388. The zero-order valence-electron chi connectivity index (χ0n) is 9.89. The van der Waals surface area contributed by atoms with Gasteiger partial charge in [-0.3, -0.25) is 4.79 Å². The Morgan fingerprint density at radius 1 is 1.47 bits per heavy atom. The number of hydrogen-bond donors (Lipinski definition) is 2. The number of aromatic hydroxyl groups is 1. The van der Waals surface area contributed by atoms with Crippen molar-refractivity contribution in [2.75, 3.05) is 13.2 Å². The summed E-state index contributed by atoms with van der Waals surface area (Å²) in [5, 5.41) is 18.7. The molecule has 92 valence electrons. The van der Waals surface area contributed by atoms with Gasteiger partial charge in [0.25, 0.3) is 5.91 Å². The summed E-state index contributed by atoms with van der Waals surface area (Å²) in [5.74, 6) is -0.188. The van der Waals surface area contributed by atoms with Crippen LogP contribution in [0.4, 0.5) is 0 Å². The second-order valence-electron chi connectivity index (χ2n) is 4.47. The van der Waals surface area contributed by atoms with Crippen LogP contribution in [0, 0.1) is 6.92 Å². The topological polar surface area (TPSA) is 60.8 Å². The molecule has 0 atom stereocenters. The van der Waals surface area contributed by atoms with E-state index in [2.05, 4.69) is 0 Å². The number of amides is 1. The average molecular weight is 235 g/mol. The van der Waals surface area contributed by atoms with Crippen LogP contribution >= 0.6 is 0 Å². The highest BCUT2D eigenvalue weighted by molar-refractivity contribution is 5.97. The molecule has 1 fully saturated rings. The van der Waals surface area contributed by atoms with Crippen LogP contribution in [0.2, 0.25) is 0 Å². The van der Waals surface area contributed by atoms with E-state index in [1.165, 1.54) is 6.07 Å². The SMILES string of the molecule is Cc1ccc(O)c(C(=O)N(CCO)C2CC2)c1. The van der Waals surface area contributed by atoms with E-state index in [0.717, 1.165) is 18.4 Å². The van der Waals surface area contributed by atoms with Crippen molar-refractivity contribution in [2.45, 2.75) is 25.8 Å². The monoisotopic (exact) mass is 235 g/mol. The maximum absolute atomic E-state index is 12.2. The summed E-state index contributed by atoms with van der Waals surface area (Å²) in [6.07, 6.45) is 1.97. The third-order valence-electron chi connectivity index (χ3n) is 2.97. The van der Waals surface area contributed by atoms with Gasteiger partial charge in [0.15, 0.2) is 0 Å². The number of phenols is 1. The van der Waals surface area contributed by atoms with Gasteiger partial charge in [-0.2, -0.15) is 0 Å². The smallest absolute Gasteiger partial charge is 0.257 e. The molecule has 2 rings (SSSR count). The molecule has 1 amide bonds. The summed E-state index contributed by atoms with van der Waals surface area (Å²) in [7, 11) is 0. The largest absolute Gasteiger partial charge is 0.507 e. The minimum atomic E-state index is -0.192. The zero-order valence-corrected chi connectivity index (χ0v) is 9.89. The summed E-state index contributed by atoms with van der Waals surface area (Å²) in [6.45, 7) is 2.16. The number of rotatable bonds is 4. The summed E-state index contributed by atoms with van der Waals surface area (Å²) < 4.78 is 0. The molecule has 0 bridgehead atoms. The Morgan fingerprint density at radius 2 is 2.18 bits per heavy atom. The van der Waals surface area contributed by atoms with Crippen LogP contribution < -0.4 is 0 Å². The van der Waals surface area contributed by atoms with Crippen molar-refractivity contribution in [3.63, 3.8) is 0 Å². The fourth-order valence-electron chi connectivity index (χ4n) is 1.92. The molecule has 4 heteroatoms. The van der Waals surface area contributed by atoms with Crippen molar-refractivity contribution in [3.05, 3.63) is 29.3 Å². The van der Waals surface area contributed by atoms with Crippen LogP contribution in [0.25, 0.3) is 0 Å². The molecule has 1 aromatic rings. The first-order valence-electron chi connectivity index (χ1n) is 5.85. The van der Waals surface area contributed by atoms with E-state index < -0.39 is 0 Å². The van der Waals surface area contributed by atoms with Gasteiger partial charge in [-0.05, 0) is 31.9 Å². The van der Waals surface area contributed by atoms with E-state index in [0.29, 0.717) is 12.1 Å². The molecular formula is C13H17NO3. The highest BCUT2D eigenvalue weighted by Gasteiger charge is 2.33. The molecule has 1 aromatic carbocycles. The van der Waals surface area contributed by atoms with E-state index in [9.17, 15) is 9.90 Å². The van der Waals surface area contributed by atoms with Crippen molar-refractivity contribution in [2.24, 2.45) is 0 Å². The normalized spacial score (nSPS) is 14.7. The van der Waals surface area contributed by atoms with Crippen LogP contribution in [0.1, 0.15) is 28.8 Å². The lowest BCUT2D eigenvalue weighted by Crippen LogP contribution is -2.35. The highest BCUT2D eigenvalue weighted by atomic mass is 16.3. The first kappa shape index (κ1) is 11.9. The third kappa shape index (κ3) is 2.58. The number of carbonyl (C=O) groups is 1. The standard InChI is InChI=1S/C13H17NO3/c1-9-2-5-12(16)11(8-9)13(17)14(6-7-15)10-3-4-10/h2,5,8,10,15-16H,3-4,6-7H2,1H3. The number of benzene rings is 1. The van der Waals surface area contributed by atoms with Crippen LogP contribution in [-0.4, -0.2) is 40.2 Å². The molecular weight excluding hydrogens is 218 g/mol. The number of nitrogens with zero attached hydrogens (tertiary/aromatic N) is 1. The maximum atomic E-state index is 12.2. The second-order valence-corrected chi connectivity index (χ2v) is 4.47. The molecule has 0 aromatic heterocycles. The van der Waals surface area contributed by atoms with Gasteiger partial charge < -0.3 is 15.1 Å². The van der Waals surface area contributed by atoms with Crippen molar-refractivity contribution < 1.29 is 15.0 Å². The molecule has 1 aliphatic carbocycles. The van der Waals surface area contributed by atoms with Crippen LogP contribution in [0.5, 0.6) is 5.75 Å². The predicted molar refractivity (Wildman–Crippen MR) is 64.0 cm³/mol.